The summed E-state index contributed by atoms with van der Waals surface area (Å²) >= 11 is 0. The molecule has 0 saturated heterocycles. The number of carbonyl (C=O) groups excluding carboxylic acids is 4. The fourth-order valence-electron chi connectivity index (χ4n) is 5.05. The molecule has 0 heterocycles. The van der Waals surface area contributed by atoms with Crippen molar-refractivity contribution in [2.45, 2.75) is 19.3 Å². The summed E-state index contributed by atoms with van der Waals surface area (Å²) in [5, 5.41) is 0. The summed E-state index contributed by atoms with van der Waals surface area (Å²) in [7, 11) is 4.71. The van der Waals surface area contributed by atoms with Crippen LogP contribution in [0.15, 0.2) is 22.3 Å². The van der Waals surface area contributed by atoms with E-state index in [1.165, 1.54) is 14.2 Å². The van der Waals surface area contributed by atoms with Crippen molar-refractivity contribution in [3.63, 3.8) is 0 Å². The molecule has 4 atom stereocenters. The van der Waals surface area contributed by atoms with Gasteiger partial charge in [0.15, 0.2) is 0 Å². The van der Waals surface area contributed by atoms with Gasteiger partial charge in [0, 0.05) is 11.8 Å². The number of hydrogen-bond acceptors (Lipinski definition) is 8. The topological polar surface area (TPSA) is 105 Å². The van der Waals surface area contributed by atoms with Crippen molar-refractivity contribution >= 4 is 23.9 Å². The molecule has 27 heavy (non-hydrogen) atoms. The molecule has 0 spiro atoms. The van der Waals surface area contributed by atoms with E-state index in [1.54, 1.807) is 0 Å². The van der Waals surface area contributed by atoms with E-state index in [1.807, 2.05) is 0 Å². The first-order valence-corrected chi connectivity index (χ1v) is 8.73. The third kappa shape index (κ3) is 2.74. The maximum atomic E-state index is 12.6. The predicted molar refractivity (Wildman–Crippen MR) is 89.9 cm³/mol. The van der Waals surface area contributed by atoms with Gasteiger partial charge in [-0.15, -0.1) is 0 Å². The Bertz CT molecular complexity index is 711. The zero-order valence-corrected chi connectivity index (χ0v) is 15.7. The number of methoxy groups -OCH3 is 4. The lowest BCUT2D eigenvalue weighted by atomic mass is 9.65. The second-order valence-corrected chi connectivity index (χ2v) is 6.93. The molecule has 0 aliphatic heterocycles. The molecule has 0 aromatic carbocycles. The molecule has 0 radical (unpaired) electrons. The number of esters is 4. The van der Waals surface area contributed by atoms with E-state index in [4.69, 9.17) is 18.9 Å². The Morgan fingerprint density at radius 1 is 0.630 bits per heavy atom. The van der Waals surface area contributed by atoms with Crippen LogP contribution in [0.1, 0.15) is 19.3 Å². The average molecular weight is 378 g/mol. The molecule has 3 rings (SSSR count). The van der Waals surface area contributed by atoms with E-state index in [2.05, 4.69) is 0 Å². The van der Waals surface area contributed by atoms with Crippen LogP contribution in [-0.2, 0) is 38.1 Å². The quantitative estimate of drug-likeness (QED) is 0.526. The summed E-state index contributed by atoms with van der Waals surface area (Å²) in [6.07, 6.45) is 2.56. The second kappa shape index (κ2) is 7.17. The highest BCUT2D eigenvalue weighted by Gasteiger charge is 2.58. The molecule has 0 amide bonds. The molecule has 8 nitrogen and oxygen atoms in total. The molecule has 3 aliphatic carbocycles. The van der Waals surface area contributed by atoms with Crippen molar-refractivity contribution in [1.82, 2.24) is 0 Å². The summed E-state index contributed by atoms with van der Waals surface area (Å²) < 4.78 is 19.5. The van der Waals surface area contributed by atoms with E-state index < -0.39 is 35.7 Å². The SMILES string of the molecule is COC(=O)C1=C(C(=O)OC)[C@@H]2C3CCC(C3)[C@@H]2C(C(=O)OC)=C1C(=O)OC. The van der Waals surface area contributed by atoms with Crippen LogP contribution in [0.4, 0.5) is 0 Å². The summed E-state index contributed by atoms with van der Waals surface area (Å²) in [5.41, 5.74) is -0.333. The van der Waals surface area contributed by atoms with E-state index >= 15 is 0 Å². The van der Waals surface area contributed by atoms with Gasteiger partial charge in [0.2, 0.25) is 0 Å². The monoisotopic (exact) mass is 378 g/mol. The summed E-state index contributed by atoms with van der Waals surface area (Å²) in [4.78, 5) is 50.5. The number of rotatable bonds is 4. The lowest BCUT2D eigenvalue weighted by Crippen LogP contribution is -2.40. The van der Waals surface area contributed by atoms with Crippen molar-refractivity contribution in [2.75, 3.05) is 28.4 Å². The van der Waals surface area contributed by atoms with Gasteiger partial charge in [-0.1, -0.05) is 0 Å². The minimum Gasteiger partial charge on any atom is -0.466 e. The zero-order valence-electron chi connectivity index (χ0n) is 15.7. The molecule has 146 valence electrons. The summed E-state index contributed by atoms with van der Waals surface area (Å²) in [6.45, 7) is 0. The molecule has 2 unspecified atom stereocenters. The van der Waals surface area contributed by atoms with Gasteiger partial charge in [-0.25, -0.2) is 19.2 Å². The molecule has 0 aromatic rings. The Balaban J connectivity index is 2.37. The zero-order chi connectivity index (χ0) is 19.9. The number of hydrogen-bond donors (Lipinski definition) is 0. The van der Waals surface area contributed by atoms with Crippen molar-refractivity contribution in [2.24, 2.45) is 23.7 Å². The van der Waals surface area contributed by atoms with Gasteiger partial charge in [-0.3, -0.25) is 0 Å². The molecule has 0 N–H and O–H groups in total. The molecule has 2 saturated carbocycles. The number of carbonyl (C=O) groups is 4. The van der Waals surface area contributed by atoms with Crippen molar-refractivity contribution in [3.05, 3.63) is 22.3 Å². The van der Waals surface area contributed by atoms with Gasteiger partial charge in [0.1, 0.15) is 0 Å². The van der Waals surface area contributed by atoms with Gasteiger partial charge in [-0.05, 0) is 31.1 Å². The van der Waals surface area contributed by atoms with Crippen molar-refractivity contribution < 1.29 is 38.1 Å². The normalized spacial score (nSPS) is 28.6. The fraction of sp³-hybridized carbons (Fsp3) is 0.579. The lowest BCUT2D eigenvalue weighted by Gasteiger charge is -2.38. The van der Waals surface area contributed by atoms with E-state index in [0.717, 1.165) is 33.5 Å². The minimum absolute atomic E-state index is 0.0922. The van der Waals surface area contributed by atoms with Crippen LogP contribution < -0.4 is 0 Å². The van der Waals surface area contributed by atoms with Crippen LogP contribution in [0, 0.1) is 23.7 Å². The molecule has 0 aromatic heterocycles. The molecular weight excluding hydrogens is 356 g/mol. The lowest BCUT2D eigenvalue weighted by molar-refractivity contribution is -0.143. The van der Waals surface area contributed by atoms with Gasteiger partial charge in [0.25, 0.3) is 0 Å². The largest absolute Gasteiger partial charge is 0.466 e. The Morgan fingerprint density at radius 3 is 1.26 bits per heavy atom. The summed E-state index contributed by atoms with van der Waals surface area (Å²) in [5.74, 6) is -3.75. The van der Waals surface area contributed by atoms with Crippen LogP contribution in [0.25, 0.3) is 0 Å². The Kier molecular flexibility index (Phi) is 5.08. The Labute approximate surface area is 156 Å². The maximum absolute atomic E-state index is 12.6. The first-order chi connectivity index (χ1) is 12.9. The number of fused-ring (bicyclic) bond motifs is 5. The second-order valence-electron chi connectivity index (χ2n) is 6.93. The van der Waals surface area contributed by atoms with Crippen LogP contribution in [-0.4, -0.2) is 52.3 Å². The average Bonchev–Trinajstić information content (AvgIpc) is 3.31. The Hall–Kier alpha value is -2.64. The molecule has 2 fully saturated rings. The van der Waals surface area contributed by atoms with E-state index in [-0.39, 0.29) is 34.1 Å². The fourth-order valence-corrected chi connectivity index (χ4v) is 5.05. The standard InChI is InChI=1S/C19H22O8/c1-24-16(20)12-10-8-5-6-9(7-8)11(10)13(17(21)25-2)15(19(23)27-4)14(12)18(22)26-3/h8-11H,5-7H2,1-4H3/t8?,9?,10-,11+. The summed E-state index contributed by atoms with van der Waals surface area (Å²) in [6, 6.07) is 0. The van der Waals surface area contributed by atoms with E-state index in [0.29, 0.717) is 0 Å². The van der Waals surface area contributed by atoms with E-state index in [9.17, 15) is 19.2 Å². The van der Waals surface area contributed by atoms with Crippen molar-refractivity contribution in [1.29, 1.82) is 0 Å². The predicted octanol–water partition coefficient (Wildman–Crippen LogP) is 0.947. The Morgan fingerprint density at radius 2 is 0.963 bits per heavy atom. The number of ether oxygens (including phenoxy) is 4. The molecular formula is C19H22O8. The third-order valence-corrected chi connectivity index (χ3v) is 5.96. The third-order valence-electron chi connectivity index (χ3n) is 5.96. The molecule has 2 bridgehead atoms. The highest BCUT2D eigenvalue weighted by Crippen LogP contribution is 2.60. The first-order valence-electron chi connectivity index (χ1n) is 8.73. The smallest absolute Gasteiger partial charge is 0.339 e. The van der Waals surface area contributed by atoms with Crippen LogP contribution in [0.3, 0.4) is 0 Å². The van der Waals surface area contributed by atoms with Crippen molar-refractivity contribution in [3.8, 4) is 0 Å². The van der Waals surface area contributed by atoms with Gasteiger partial charge in [0.05, 0.1) is 50.7 Å². The van der Waals surface area contributed by atoms with Gasteiger partial charge in [-0.2, -0.15) is 0 Å². The minimum atomic E-state index is -0.890. The highest BCUT2D eigenvalue weighted by atomic mass is 16.5. The van der Waals surface area contributed by atoms with Gasteiger partial charge >= 0.3 is 23.9 Å². The van der Waals surface area contributed by atoms with Crippen LogP contribution in [0.2, 0.25) is 0 Å². The highest BCUT2D eigenvalue weighted by molar-refractivity contribution is 6.16. The molecule has 3 aliphatic rings. The molecule has 8 heteroatoms. The van der Waals surface area contributed by atoms with Crippen LogP contribution >= 0.6 is 0 Å². The van der Waals surface area contributed by atoms with Gasteiger partial charge < -0.3 is 18.9 Å². The van der Waals surface area contributed by atoms with Crippen LogP contribution in [0.5, 0.6) is 0 Å². The first kappa shape index (κ1) is 19.1. The maximum Gasteiger partial charge on any atom is 0.339 e.